The van der Waals surface area contributed by atoms with Gasteiger partial charge in [-0.2, -0.15) is 0 Å². The molecule has 5 nitrogen and oxygen atoms in total. The molecule has 0 atom stereocenters. The zero-order chi connectivity index (χ0) is 18.9. The van der Waals surface area contributed by atoms with Gasteiger partial charge in [-0.3, -0.25) is 4.40 Å². The van der Waals surface area contributed by atoms with E-state index in [1.807, 2.05) is 12.1 Å². The molecule has 2 aromatic heterocycles. The number of likely N-dealkylation sites (tertiary alicyclic amines) is 1. The first kappa shape index (κ1) is 22.5. The zero-order valence-electron chi connectivity index (χ0n) is 17.2. The summed E-state index contributed by atoms with van der Waals surface area (Å²) in [5.74, 6) is 1.90. The quantitative estimate of drug-likeness (QED) is 0.403. The number of aromatic nitrogens is 3. The number of ether oxygens (including phenoxy) is 1. The van der Waals surface area contributed by atoms with Crippen LogP contribution in [0, 0.1) is 0 Å². The molecule has 4 aromatic rings. The fourth-order valence-corrected chi connectivity index (χ4v) is 4.32. The van der Waals surface area contributed by atoms with Crippen molar-refractivity contribution in [3.63, 3.8) is 0 Å². The van der Waals surface area contributed by atoms with Gasteiger partial charge in [-0.05, 0) is 75.3 Å². The molecule has 1 aliphatic heterocycles. The summed E-state index contributed by atoms with van der Waals surface area (Å²) in [4.78, 5) is 7.51. The minimum atomic E-state index is 0. The molecule has 160 valence electrons. The number of hydrogen-bond acceptors (Lipinski definition) is 3. The van der Waals surface area contributed by atoms with Crippen molar-refractivity contribution in [1.82, 2.24) is 18.9 Å². The Morgan fingerprint density at radius 3 is 2.40 bits per heavy atom. The van der Waals surface area contributed by atoms with E-state index in [0.717, 1.165) is 42.1 Å². The number of nitrogens with zero attached hydrogens (tertiary/aromatic N) is 4. The highest BCUT2D eigenvalue weighted by Gasteiger charge is 2.16. The molecule has 1 aliphatic rings. The van der Waals surface area contributed by atoms with E-state index in [-0.39, 0.29) is 24.8 Å². The van der Waals surface area contributed by atoms with Crippen molar-refractivity contribution in [3.05, 3.63) is 54.7 Å². The van der Waals surface area contributed by atoms with E-state index in [1.165, 1.54) is 37.2 Å². The van der Waals surface area contributed by atoms with Gasteiger partial charge >= 0.3 is 0 Å². The van der Waals surface area contributed by atoms with Gasteiger partial charge in [0.25, 0.3) is 0 Å². The Bertz CT molecular complexity index is 1100. The van der Waals surface area contributed by atoms with Crippen LogP contribution in [0.25, 0.3) is 28.1 Å². The normalized spacial score (nSPS) is 14.0. The summed E-state index contributed by atoms with van der Waals surface area (Å²) in [6.45, 7) is 4.63. The molecule has 2 aromatic carbocycles. The number of rotatable bonds is 6. The van der Waals surface area contributed by atoms with Crippen LogP contribution in [0.1, 0.15) is 19.3 Å². The predicted molar refractivity (Wildman–Crippen MR) is 127 cm³/mol. The summed E-state index contributed by atoms with van der Waals surface area (Å²) in [6.07, 6.45) is 6.05. The van der Waals surface area contributed by atoms with Crippen LogP contribution in [0.4, 0.5) is 0 Å². The van der Waals surface area contributed by atoms with Crippen LogP contribution in [0.5, 0.6) is 5.75 Å². The van der Waals surface area contributed by atoms with Crippen LogP contribution in [-0.2, 0) is 6.54 Å². The predicted octanol–water partition coefficient (Wildman–Crippen LogP) is 5.29. The van der Waals surface area contributed by atoms with Gasteiger partial charge < -0.3 is 14.2 Å². The number of hydrogen-bond donors (Lipinski definition) is 0. The van der Waals surface area contributed by atoms with Crippen LogP contribution in [0.2, 0.25) is 0 Å². The maximum absolute atomic E-state index is 5.33. The molecule has 7 heteroatoms. The second-order valence-corrected chi connectivity index (χ2v) is 7.57. The fourth-order valence-electron chi connectivity index (χ4n) is 4.32. The van der Waals surface area contributed by atoms with Crippen molar-refractivity contribution in [1.29, 1.82) is 0 Å². The Labute approximate surface area is 189 Å². The number of methoxy groups -OCH3 is 1. The summed E-state index contributed by atoms with van der Waals surface area (Å²) in [5.41, 5.74) is 4.60. The van der Waals surface area contributed by atoms with Crippen LogP contribution in [-0.4, -0.2) is 45.6 Å². The van der Waals surface area contributed by atoms with Gasteiger partial charge in [0.1, 0.15) is 5.75 Å². The molecule has 1 fully saturated rings. The summed E-state index contributed by atoms with van der Waals surface area (Å²) in [7, 11) is 1.70. The van der Waals surface area contributed by atoms with Crippen molar-refractivity contribution >= 4 is 41.6 Å². The van der Waals surface area contributed by atoms with E-state index in [1.54, 1.807) is 7.11 Å². The Kier molecular flexibility index (Phi) is 7.29. The molecule has 0 aliphatic carbocycles. The SMILES string of the molecule is COc1ccc(-c2cn3c4ccccc4nc3n2CCCN2CCCC2)cc1.Cl.Cl. The van der Waals surface area contributed by atoms with Crippen LogP contribution in [0.15, 0.2) is 54.7 Å². The first-order chi connectivity index (χ1) is 13.8. The standard InChI is InChI=1S/C23H26N4O.2ClH/c1-28-19-11-9-18(10-12-19)22-17-27-21-8-3-2-7-20(21)24-23(27)26(22)16-6-15-25-13-4-5-14-25;;/h2-3,7-12,17H,4-6,13-16H2,1H3;2*1H. The molecule has 0 radical (unpaired) electrons. The molecule has 5 rings (SSSR count). The molecular formula is C23H28Cl2N4O. The number of fused-ring (bicyclic) bond motifs is 3. The van der Waals surface area contributed by atoms with Gasteiger partial charge in [0.15, 0.2) is 0 Å². The molecule has 3 heterocycles. The third-order valence-corrected chi connectivity index (χ3v) is 5.80. The maximum Gasteiger partial charge on any atom is 0.215 e. The van der Waals surface area contributed by atoms with E-state index < -0.39 is 0 Å². The fraction of sp³-hybridized carbons (Fsp3) is 0.348. The third kappa shape index (κ3) is 4.15. The monoisotopic (exact) mass is 446 g/mol. The molecule has 0 saturated carbocycles. The van der Waals surface area contributed by atoms with Gasteiger partial charge in [0.2, 0.25) is 5.78 Å². The van der Waals surface area contributed by atoms with Gasteiger partial charge in [0.05, 0.1) is 23.8 Å². The third-order valence-electron chi connectivity index (χ3n) is 5.80. The molecule has 0 spiro atoms. The highest BCUT2D eigenvalue weighted by Crippen LogP contribution is 2.28. The van der Waals surface area contributed by atoms with E-state index in [0.29, 0.717) is 0 Å². The average Bonchev–Trinajstić information content (AvgIpc) is 3.45. The maximum atomic E-state index is 5.33. The molecule has 30 heavy (non-hydrogen) atoms. The van der Waals surface area contributed by atoms with Gasteiger partial charge in [-0.25, -0.2) is 4.98 Å². The van der Waals surface area contributed by atoms with Crippen LogP contribution >= 0.6 is 24.8 Å². The van der Waals surface area contributed by atoms with Crippen molar-refractivity contribution in [3.8, 4) is 17.0 Å². The van der Waals surface area contributed by atoms with Crippen LogP contribution < -0.4 is 4.74 Å². The zero-order valence-corrected chi connectivity index (χ0v) is 18.8. The van der Waals surface area contributed by atoms with Crippen molar-refractivity contribution in [2.24, 2.45) is 0 Å². The minimum absolute atomic E-state index is 0. The Morgan fingerprint density at radius 1 is 0.933 bits per heavy atom. The number of imidazole rings is 2. The molecule has 0 amide bonds. The second kappa shape index (κ2) is 9.73. The van der Waals surface area contributed by atoms with Gasteiger partial charge in [-0.15, -0.1) is 24.8 Å². The molecule has 1 saturated heterocycles. The number of para-hydroxylation sites is 2. The van der Waals surface area contributed by atoms with Gasteiger partial charge in [-0.1, -0.05) is 12.1 Å². The lowest BCUT2D eigenvalue weighted by Gasteiger charge is -2.15. The lowest BCUT2D eigenvalue weighted by atomic mass is 10.1. The molecule has 0 unspecified atom stereocenters. The highest BCUT2D eigenvalue weighted by molar-refractivity contribution is 5.85. The lowest BCUT2D eigenvalue weighted by Crippen LogP contribution is -2.21. The summed E-state index contributed by atoms with van der Waals surface area (Å²) >= 11 is 0. The highest BCUT2D eigenvalue weighted by atomic mass is 35.5. The van der Waals surface area contributed by atoms with Crippen molar-refractivity contribution in [2.75, 3.05) is 26.7 Å². The van der Waals surface area contributed by atoms with Crippen molar-refractivity contribution in [2.45, 2.75) is 25.8 Å². The first-order valence-electron chi connectivity index (χ1n) is 10.2. The Balaban J connectivity index is 0.00000128. The first-order valence-corrected chi connectivity index (χ1v) is 10.2. The second-order valence-electron chi connectivity index (χ2n) is 7.57. The Morgan fingerprint density at radius 2 is 1.67 bits per heavy atom. The van der Waals surface area contributed by atoms with E-state index in [2.05, 4.69) is 56.5 Å². The lowest BCUT2D eigenvalue weighted by molar-refractivity contribution is 0.326. The topological polar surface area (TPSA) is 34.7 Å². The Hall–Kier alpha value is -2.21. The summed E-state index contributed by atoms with van der Waals surface area (Å²) in [6, 6.07) is 16.7. The number of benzene rings is 2. The average molecular weight is 447 g/mol. The number of aryl methyl sites for hydroxylation is 1. The van der Waals surface area contributed by atoms with Crippen molar-refractivity contribution < 1.29 is 4.74 Å². The summed E-state index contributed by atoms with van der Waals surface area (Å²) in [5, 5.41) is 0. The van der Waals surface area contributed by atoms with Crippen LogP contribution in [0.3, 0.4) is 0 Å². The van der Waals surface area contributed by atoms with E-state index in [9.17, 15) is 0 Å². The summed E-state index contributed by atoms with van der Waals surface area (Å²) < 4.78 is 9.93. The van der Waals surface area contributed by atoms with Gasteiger partial charge in [0, 0.05) is 18.3 Å². The smallest absolute Gasteiger partial charge is 0.215 e. The molecular weight excluding hydrogens is 419 g/mol. The minimum Gasteiger partial charge on any atom is -0.497 e. The van der Waals surface area contributed by atoms with E-state index >= 15 is 0 Å². The molecule has 0 bridgehead atoms. The largest absolute Gasteiger partial charge is 0.497 e. The molecule has 0 N–H and O–H groups in total. The number of halogens is 2. The van der Waals surface area contributed by atoms with E-state index in [4.69, 9.17) is 9.72 Å².